The number of hydrogen-bond acceptors (Lipinski definition) is 4. The van der Waals surface area contributed by atoms with Crippen molar-refractivity contribution in [2.24, 2.45) is 0 Å². The van der Waals surface area contributed by atoms with Crippen LogP contribution in [0.25, 0.3) is 0 Å². The first-order chi connectivity index (χ1) is 15.4. The molecule has 11 heteroatoms. The van der Waals surface area contributed by atoms with E-state index in [1.165, 1.54) is 11.0 Å². The number of benzene rings is 2. The van der Waals surface area contributed by atoms with Gasteiger partial charge in [-0.2, -0.15) is 0 Å². The van der Waals surface area contributed by atoms with Crippen LogP contribution in [-0.2, 0) is 26.2 Å². The minimum absolute atomic E-state index is 0.0313. The van der Waals surface area contributed by atoms with E-state index in [9.17, 15) is 18.0 Å². The van der Waals surface area contributed by atoms with Crippen molar-refractivity contribution >= 4 is 62.3 Å². The molecule has 2 rings (SSSR count). The number of amides is 2. The lowest BCUT2D eigenvalue weighted by molar-refractivity contribution is -0.139. The van der Waals surface area contributed by atoms with E-state index in [1.54, 1.807) is 43.3 Å². The molecule has 2 aromatic carbocycles. The normalized spacial score (nSPS) is 12.2. The molecule has 0 heterocycles. The monoisotopic (exact) mass is 533 g/mol. The van der Waals surface area contributed by atoms with Crippen LogP contribution in [0.1, 0.15) is 25.8 Å². The first-order valence-corrected chi connectivity index (χ1v) is 13.2. The lowest BCUT2D eigenvalue weighted by Gasteiger charge is -2.31. The fourth-order valence-electron chi connectivity index (χ4n) is 3.06. The van der Waals surface area contributed by atoms with Gasteiger partial charge in [-0.1, -0.05) is 53.9 Å². The van der Waals surface area contributed by atoms with Crippen LogP contribution in [-0.4, -0.2) is 50.5 Å². The van der Waals surface area contributed by atoms with Crippen molar-refractivity contribution in [2.45, 2.75) is 32.9 Å². The number of sulfonamides is 1. The zero-order valence-corrected chi connectivity index (χ0v) is 21.6. The van der Waals surface area contributed by atoms with Crippen LogP contribution in [0.5, 0.6) is 0 Å². The van der Waals surface area contributed by atoms with Gasteiger partial charge in [-0.3, -0.25) is 13.9 Å². The molecule has 0 saturated heterocycles. The summed E-state index contributed by atoms with van der Waals surface area (Å²) in [4.78, 5) is 27.4. The van der Waals surface area contributed by atoms with Gasteiger partial charge >= 0.3 is 0 Å². The summed E-state index contributed by atoms with van der Waals surface area (Å²) in [6.07, 6.45) is 1.73. The first-order valence-electron chi connectivity index (χ1n) is 10.2. The predicted octanol–water partition coefficient (Wildman–Crippen LogP) is 4.36. The summed E-state index contributed by atoms with van der Waals surface area (Å²) in [5.41, 5.74) is 0.887. The number of carbonyl (C=O) groups is 2. The predicted molar refractivity (Wildman–Crippen MR) is 133 cm³/mol. The highest BCUT2D eigenvalue weighted by molar-refractivity contribution is 7.92. The molecule has 0 unspecified atom stereocenters. The van der Waals surface area contributed by atoms with Gasteiger partial charge in [0.25, 0.3) is 0 Å². The minimum Gasteiger partial charge on any atom is -0.354 e. The Hall–Kier alpha value is -2.00. The molecule has 0 radical (unpaired) electrons. The Bertz CT molecular complexity index is 1110. The fourth-order valence-corrected chi connectivity index (χ4v) is 4.40. The summed E-state index contributed by atoms with van der Waals surface area (Å²) >= 11 is 18.1. The molecular weight excluding hydrogens is 509 g/mol. The zero-order chi connectivity index (χ0) is 24.8. The van der Waals surface area contributed by atoms with Gasteiger partial charge in [0.15, 0.2) is 0 Å². The number of rotatable bonds is 10. The highest BCUT2D eigenvalue weighted by atomic mass is 35.5. The molecular formula is C22H26Cl3N3O4S. The lowest BCUT2D eigenvalue weighted by Crippen LogP contribution is -2.51. The van der Waals surface area contributed by atoms with E-state index in [1.807, 2.05) is 6.92 Å². The van der Waals surface area contributed by atoms with E-state index in [0.29, 0.717) is 27.2 Å². The molecule has 1 atom stereocenters. The molecule has 1 N–H and O–H groups in total. The van der Waals surface area contributed by atoms with Crippen LogP contribution >= 0.6 is 34.8 Å². The molecule has 2 aromatic rings. The number of nitrogens with zero attached hydrogens (tertiary/aromatic N) is 2. The van der Waals surface area contributed by atoms with Crippen molar-refractivity contribution in [1.29, 1.82) is 0 Å². The summed E-state index contributed by atoms with van der Waals surface area (Å²) in [7, 11) is -3.82. The third kappa shape index (κ3) is 7.78. The fraction of sp³-hybridized carbons (Fsp3) is 0.364. The maximum absolute atomic E-state index is 13.4. The summed E-state index contributed by atoms with van der Waals surface area (Å²) in [6.45, 7) is 3.48. The van der Waals surface area contributed by atoms with Crippen molar-refractivity contribution in [2.75, 3.05) is 23.7 Å². The summed E-state index contributed by atoms with van der Waals surface area (Å²) in [5, 5.41) is 3.76. The Labute approximate surface area is 209 Å². The molecule has 0 aliphatic rings. The molecule has 0 spiro atoms. The van der Waals surface area contributed by atoms with Crippen molar-refractivity contribution in [3.63, 3.8) is 0 Å². The van der Waals surface area contributed by atoms with Crippen LogP contribution < -0.4 is 9.62 Å². The van der Waals surface area contributed by atoms with Crippen LogP contribution in [0.4, 0.5) is 5.69 Å². The van der Waals surface area contributed by atoms with E-state index in [2.05, 4.69) is 5.32 Å². The van der Waals surface area contributed by atoms with Crippen molar-refractivity contribution in [1.82, 2.24) is 10.2 Å². The molecule has 2 amide bonds. The number of anilines is 1. The number of halogens is 3. The molecule has 0 aromatic heterocycles. The van der Waals surface area contributed by atoms with Crippen LogP contribution in [0.15, 0.2) is 42.5 Å². The second-order valence-corrected chi connectivity index (χ2v) is 10.6. The van der Waals surface area contributed by atoms with Gasteiger partial charge < -0.3 is 10.2 Å². The Balaban J connectivity index is 2.39. The topological polar surface area (TPSA) is 86.8 Å². The van der Waals surface area contributed by atoms with Gasteiger partial charge in [-0.25, -0.2) is 8.42 Å². The highest BCUT2D eigenvalue weighted by Crippen LogP contribution is 2.25. The third-order valence-corrected chi connectivity index (χ3v) is 6.94. The maximum Gasteiger partial charge on any atom is 0.244 e. The molecule has 180 valence electrons. The Morgan fingerprint density at radius 1 is 1.06 bits per heavy atom. The number of nitrogens with one attached hydrogen (secondary N) is 1. The van der Waals surface area contributed by atoms with Crippen LogP contribution in [0, 0.1) is 0 Å². The molecule has 0 bridgehead atoms. The number of hydrogen-bond donors (Lipinski definition) is 1. The SMILES string of the molecule is CCCNC(=O)[C@@H](C)N(Cc1ccc(Cl)c(Cl)c1)C(=O)CN(c1cccc(Cl)c1)S(C)(=O)=O. The quantitative estimate of drug-likeness (QED) is 0.491. The summed E-state index contributed by atoms with van der Waals surface area (Å²) in [6, 6.07) is 10.2. The third-order valence-electron chi connectivity index (χ3n) is 4.83. The summed E-state index contributed by atoms with van der Waals surface area (Å²) < 4.78 is 25.9. The second-order valence-electron chi connectivity index (χ2n) is 7.49. The Kier molecular flexibility index (Phi) is 9.84. The van der Waals surface area contributed by atoms with Gasteiger partial charge in [-0.05, 0) is 49.2 Å². The molecule has 0 saturated carbocycles. The van der Waals surface area contributed by atoms with Crippen molar-refractivity contribution in [3.05, 3.63) is 63.1 Å². The van der Waals surface area contributed by atoms with Crippen molar-refractivity contribution < 1.29 is 18.0 Å². The highest BCUT2D eigenvalue weighted by Gasteiger charge is 2.30. The van der Waals surface area contributed by atoms with Gasteiger partial charge in [0, 0.05) is 18.1 Å². The Morgan fingerprint density at radius 2 is 1.76 bits per heavy atom. The van der Waals surface area contributed by atoms with E-state index in [-0.39, 0.29) is 18.1 Å². The van der Waals surface area contributed by atoms with Crippen LogP contribution in [0.2, 0.25) is 15.1 Å². The van der Waals surface area contributed by atoms with E-state index in [4.69, 9.17) is 34.8 Å². The van der Waals surface area contributed by atoms with E-state index in [0.717, 1.165) is 17.0 Å². The molecule has 0 fully saturated rings. The second kappa shape index (κ2) is 11.9. The van der Waals surface area contributed by atoms with Gasteiger partial charge in [0.05, 0.1) is 22.0 Å². The smallest absolute Gasteiger partial charge is 0.244 e. The average molecular weight is 535 g/mol. The maximum atomic E-state index is 13.4. The van der Waals surface area contributed by atoms with E-state index < -0.39 is 28.5 Å². The summed E-state index contributed by atoms with van der Waals surface area (Å²) in [5.74, 6) is -0.912. The van der Waals surface area contributed by atoms with Crippen molar-refractivity contribution in [3.8, 4) is 0 Å². The molecule has 0 aliphatic heterocycles. The van der Waals surface area contributed by atoms with Gasteiger partial charge in [0.1, 0.15) is 12.6 Å². The first kappa shape index (κ1) is 27.2. The average Bonchev–Trinajstić information content (AvgIpc) is 2.75. The molecule has 7 nitrogen and oxygen atoms in total. The minimum atomic E-state index is -3.82. The Morgan fingerprint density at radius 3 is 2.33 bits per heavy atom. The zero-order valence-electron chi connectivity index (χ0n) is 18.5. The standard InChI is InChI=1S/C22H26Cl3N3O4S/c1-4-10-26-22(30)15(2)27(13-16-8-9-19(24)20(25)11-16)21(29)14-28(33(3,31)32)18-7-5-6-17(23)12-18/h5-9,11-12,15H,4,10,13-14H2,1-3H3,(H,26,30)/t15-/m1/s1. The largest absolute Gasteiger partial charge is 0.354 e. The molecule has 33 heavy (non-hydrogen) atoms. The van der Waals surface area contributed by atoms with Gasteiger partial charge in [0.2, 0.25) is 21.8 Å². The van der Waals surface area contributed by atoms with E-state index >= 15 is 0 Å². The molecule has 0 aliphatic carbocycles. The van der Waals surface area contributed by atoms with Crippen LogP contribution in [0.3, 0.4) is 0 Å². The number of carbonyl (C=O) groups excluding carboxylic acids is 2. The lowest BCUT2D eigenvalue weighted by atomic mass is 10.1. The van der Waals surface area contributed by atoms with Gasteiger partial charge in [-0.15, -0.1) is 0 Å².